The summed E-state index contributed by atoms with van der Waals surface area (Å²) in [6.07, 6.45) is 2.70. The molecule has 162 valence electrons. The van der Waals surface area contributed by atoms with Crippen LogP contribution in [0.25, 0.3) is 0 Å². The molecule has 10 heteroatoms. The molecule has 2 aromatic carbocycles. The lowest BCUT2D eigenvalue weighted by atomic mass is 10.2. The van der Waals surface area contributed by atoms with Crippen molar-refractivity contribution in [3.63, 3.8) is 0 Å². The summed E-state index contributed by atoms with van der Waals surface area (Å²) in [5.74, 6) is 0.194. The Morgan fingerprint density at radius 1 is 1.07 bits per heavy atom. The molecule has 7 nitrogen and oxygen atoms in total. The molecule has 1 fully saturated rings. The minimum absolute atomic E-state index is 0.100. The third kappa shape index (κ3) is 5.57. The number of piperidine rings is 1. The zero-order chi connectivity index (χ0) is 21.7. The van der Waals surface area contributed by atoms with Gasteiger partial charge in [0.15, 0.2) is 6.61 Å². The SMILES string of the molecule is COc1ccc(S(=O)(=O)N2CCCCC2)cc1NC(=O)COc1cc(Cl)cc(Cl)c1. The Labute approximate surface area is 185 Å². The second-order valence-corrected chi connectivity index (χ2v) is 9.58. The smallest absolute Gasteiger partial charge is 0.262 e. The van der Waals surface area contributed by atoms with Gasteiger partial charge in [-0.2, -0.15) is 4.31 Å². The first-order chi connectivity index (χ1) is 14.3. The van der Waals surface area contributed by atoms with Gasteiger partial charge in [-0.15, -0.1) is 0 Å². The number of amides is 1. The summed E-state index contributed by atoms with van der Waals surface area (Å²) < 4.78 is 38.0. The molecule has 1 aliphatic rings. The molecule has 0 spiro atoms. The van der Waals surface area contributed by atoms with E-state index >= 15 is 0 Å². The number of methoxy groups -OCH3 is 1. The Balaban J connectivity index is 1.74. The topological polar surface area (TPSA) is 84.9 Å². The van der Waals surface area contributed by atoms with E-state index in [9.17, 15) is 13.2 Å². The number of benzene rings is 2. The van der Waals surface area contributed by atoms with Crippen molar-refractivity contribution < 1.29 is 22.7 Å². The van der Waals surface area contributed by atoms with Crippen LogP contribution in [0, 0.1) is 0 Å². The van der Waals surface area contributed by atoms with Crippen molar-refractivity contribution in [2.75, 3.05) is 32.1 Å². The minimum atomic E-state index is -3.64. The molecule has 0 bridgehead atoms. The Morgan fingerprint density at radius 3 is 2.37 bits per heavy atom. The normalized spacial score (nSPS) is 14.9. The van der Waals surface area contributed by atoms with Gasteiger partial charge < -0.3 is 14.8 Å². The molecule has 0 aliphatic carbocycles. The maximum absolute atomic E-state index is 12.9. The van der Waals surface area contributed by atoms with E-state index in [-0.39, 0.29) is 17.2 Å². The van der Waals surface area contributed by atoms with Crippen molar-refractivity contribution in [1.82, 2.24) is 4.31 Å². The van der Waals surface area contributed by atoms with Gasteiger partial charge in [-0.05, 0) is 49.2 Å². The average molecular weight is 473 g/mol. The highest BCUT2D eigenvalue weighted by atomic mass is 35.5. The first-order valence-corrected chi connectivity index (χ1v) is 11.6. The fourth-order valence-corrected chi connectivity index (χ4v) is 5.20. The molecular formula is C20H22Cl2N2O5S. The third-order valence-electron chi connectivity index (χ3n) is 4.60. The predicted octanol–water partition coefficient (Wildman–Crippen LogP) is 4.19. The Morgan fingerprint density at radius 2 is 1.73 bits per heavy atom. The lowest BCUT2D eigenvalue weighted by Gasteiger charge is -2.26. The maximum Gasteiger partial charge on any atom is 0.262 e. The van der Waals surface area contributed by atoms with Crippen LogP contribution in [-0.2, 0) is 14.8 Å². The number of nitrogens with one attached hydrogen (secondary N) is 1. The number of hydrogen-bond donors (Lipinski definition) is 1. The molecule has 0 radical (unpaired) electrons. The number of anilines is 1. The van der Waals surface area contributed by atoms with Crippen molar-refractivity contribution >= 4 is 44.8 Å². The van der Waals surface area contributed by atoms with E-state index in [1.807, 2.05) is 0 Å². The summed E-state index contributed by atoms with van der Waals surface area (Å²) in [7, 11) is -2.21. The van der Waals surface area contributed by atoms with E-state index in [0.29, 0.717) is 34.6 Å². The van der Waals surface area contributed by atoms with Gasteiger partial charge in [0.2, 0.25) is 10.0 Å². The minimum Gasteiger partial charge on any atom is -0.495 e. The predicted molar refractivity (Wildman–Crippen MR) is 116 cm³/mol. The second-order valence-electron chi connectivity index (χ2n) is 6.77. The van der Waals surface area contributed by atoms with Crippen molar-refractivity contribution in [1.29, 1.82) is 0 Å². The molecule has 3 rings (SSSR count). The highest BCUT2D eigenvalue weighted by molar-refractivity contribution is 7.89. The van der Waals surface area contributed by atoms with E-state index in [1.165, 1.54) is 41.7 Å². The number of rotatable bonds is 7. The van der Waals surface area contributed by atoms with Gasteiger partial charge in [0.05, 0.1) is 17.7 Å². The number of carbonyl (C=O) groups excluding carboxylic acids is 1. The zero-order valence-electron chi connectivity index (χ0n) is 16.4. The standard InChI is InChI=1S/C20H22Cl2N2O5S/c1-28-19-6-5-17(30(26,27)24-7-3-2-4-8-24)12-18(19)23-20(25)13-29-16-10-14(21)9-15(22)11-16/h5-6,9-12H,2-4,7-8,13H2,1H3,(H,23,25). The molecule has 1 N–H and O–H groups in total. The first kappa shape index (κ1) is 22.7. The van der Waals surface area contributed by atoms with Crippen LogP contribution in [-0.4, -0.2) is 45.4 Å². The van der Waals surface area contributed by atoms with Crippen LogP contribution >= 0.6 is 23.2 Å². The quantitative estimate of drug-likeness (QED) is 0.652. The fourth-order valence-electron chi connectivity index (χ4n) is 3.15. The zero-order valence-corrected chi connectivity index (χ0v) is 18.7. The molecule has 0 aromatic heterocycles. The Hall–Kier alpha value is -2.00. The summed E-state index contributed by atoms with van der Waals surface area (Å²) in [6, 6.07) is 9.01. The lowest BCUT2D eigenvalue weighted by molar-refractivity contribution is -0.118. The number of sulfonamides is 1. The highest BCUT2D eigenvalue weighted by Gasteiger charge is 2.27. The molecule has 1 amide bonds. The van der Waals surface area contributed by atoms with Gasteiger partial charge in [-0.1, -0.05) is 29.6 Å². The van der Waals surface area contributed by atoms with Gasteiger partial charge >= 0.3 is 0 Å². The molecule has 0 unspecified atom stereocenters. The van der Waals surface area contributed by atoms with Crippen LogP contribution in [0.3, 0.4) is 0 Å². The first-order valence-electron chi connectivity index (χ1n) is 9.36. The molecule has 1 saturated heterocycles. The monoisotopic (exact) mass is 472 g/mol. The number of halogens is 2. The van der Waals surface area contributed by atoms with Crippen molar-refractivity contribution in [2.45, 2.75) is 24.2 Å². The largest absolute Gasteiger partial charge is 0.495 e. The molecule has 1 aliphatic heterocycles. The summed E-state index contributed by atoms with van der Waals surface area (Å²) in [4.78, 5) is 12.5. The molecule has 0 atom stereocenters. The van der Waals surface area contributed by atoms with Crippen LogP contribution in [0.2, 0.25) is 10.0 Å². The highest BCUT2D eigenvalue weighted by Crippen LogP contribution is 2.30. The van der Waals surface area contributed by atoms with Crippen molar-refractivity contribution in [2.24, 2.45) is 0 Å². The molecule has 30 heavy (non-hydrogen) atoms. The summed E-state index contributed by atoms with van der Waals surface area (Å²) >= 11 is 11.8. The van der Waals surface area contributed by atoms with E-state index in [1.54, 1.807) is 6.07 Å². The van der Waals surface area contributed by atoms with Crippen LogP contribution in [0.5, 0.6) is 11.5 Å². The van der Waals surface area contributed by atoms with E-state index < -0.39 is 15.9 Å². The maximum atomic E-state index is 12.9. The van der Waals surface area contributed by atoms with E-state index in [0.717, 1.165) is 19.3 Å². The van der Waals surface area contributed by atoms with Crippen LogP contribution in [0.1, 0.15) is 19.3 Å². The molecule has 1 heterocycles. The number of hydrogen-bond acceptors (Lipinski definition) is 5. The fraction of sp³-hybridized carbons (Fsp3) is 0.350. The molecule has 2 aromatic rings. The average Bonchev–Trinajstić information content (AvgIpc) is 2.72. The number of carbonyl (C=O) groups is 1. The van der Waals surface area contributed by atoms with Gasteiger partial charge in [-0.25, -0.2) is 8.42 Å². The van der Waals surface area contributed by atoms with Gasteiger partial charge in [0, 0.05) is 23.1 Å². The van der Waals surface area contributed by atoms with Gasteiger partial charge in [0.1, 0.15) is 11.5 Å². The summed E-state index contributed by atoms with van der Waals surface area (Å²) in [5, 5.41) is 3.41. The number of nitrogens with zero attached hydrogens (tertiary/aromatic N) is 1. The third-order valence-corrected chi connectivity index (χ3v) is 6.93. The molecule has 0 saturated carbocycles. The second kappa shape index (κ2) is 9.87. The van der Waals surface area contributed by atoms with E-state index in [2.05, 4.69) is 5.32 Å². The molecular weight excluding hydrogens is 451 g/mol. The van der Waals surface area contributed by atoms with E-state index in [4.69, 9.17) is 32.7 Å². The number of ether oxygens (including phenoxy) is 2. The van der Waals surface area contributed by atoms with Crippen molar-refractivity contribution in [3.05, 3.63) is 46.4 Å². The summed E-state index contributed by atoms with van der Waals surface area (Å²) in [6.45, 7) is 0.668. The van der Waals surface area contributed by atoms with Crippen LogP contribution < -0.4 is 14.8 Å². The Bertz CT molecular complexity index is 1000. The summed E-state index contributed by atoms with van der Waals surface area (Å²) in [5.41, 5.74) is 0.244. The van der Waals surface area contributed by atoms with Crippen molar-refractivity contribution in [3.8, 4) is 11.5 Å². The lowest BCUT2D eigenvalue weighted by Crippen LogP contribution is -2.35. The van der Waals surface area contributed by atoms with Crippen LogP contribution in [0.4, 0.5) is 5.69 Å². The van der Waals surface area contributed by atoms with Gasteiger partial charge in [0.25, 0.3) is 5.91 Å². The van der Waals surface area contributed by atoms with Gasteiger partial charge in [-0.3, -0.25) is 4.79 Å². The Kier molecular flexibility index (Phi) is 7.46. The van der Waals surface area contributed by atoms with Crippen LogP contribution in [0.15, 0.2) is 41.3 Å².